The molecule has 1 amide bonds. The maximum atomic E-state index is 11.8. The Labute approximate surface area is 172 Å². The zero-order valence-electron chi connectivity index (χ0n) is 14.3. The number of ether oxygens (including phenoxy) is 1. The van der Waals surface area contributed by atoms with Crippen molar-refractivity contribution in [2.45, 2.75) is 36.6 Å². The molecule has 0 saturated heterocycles. The van der Waals surface area contributed by atoms with Gasteiger partial charge < -0.3 is 20.7 Å². The van der Waals surface area contributed by atoms with E-state index >= 15 is 0 Å². The number of carbonyl (C=O) groups excluding carboxylic acids is 2. The van der Waals surface area contributed by atoms with Crippen LogP contribution in [0.25, 0.3) is 0 Å². The number of alkyl halides is 3. The van der Waals surface area contributed by atoms with Gasteiger partial charge in [-0.05, 0) is 42.9 Å². The molecule has 1 aromatic carbocycles. The molecule has 10 heteroatoms. The van der Waals surface area contributed by atoms with Crippen LogP contribution in [0.5, 0.6) is 0 Å². The lowest BCUT2D eigenvalue weighted by molar-refractivity contribution is -0.119. The van der Waals surface area contributed by atoms with Crippen LogP contribution in [-0.2, 0) is 9.53 Å². The van der Waals surface area contributed by atoms with Crippen LogP contribution < -0.4 is 16.0 Å². The van der Waals surface area contributed by atoms with E-state index in [0.29, 0.717) is 17.9 Å². The fourth-order valence-corrected chi connectivity index (χ4v) is 2.35. The third kappa shape index (κ3) is 8.40. The molecule has 1 rings (SSSR count). The Balaban J connectivity index is 2.63. The summed E-state index contributed by atoms with van der Waals surface area (Å²) in [7, 11) is 0. The first-order valence-electron chi connectivity index (χ1n) is 7.82. The van der Waals surface area contributed by atoms with Crippen LogP contribution in [0.1, 0.15) is 37.0 Å². The van der Waals surface area contributed by atoms with Gasteiger partial charge in [-0.1, -0.05) is 48.1 Å². The second-order valence-corrected chi connectivity index (χ2v) is 8.12. The summed E-state index contributed by atoms with van der Waals surface area (Å²) in [6.07, 6.45) is 0.760. The van der Waals surface area contributed by atoms with E-state index in [9.17, 15) is 9.59 Å². The highest BCUT2D eigenvalue weighted by Crippen LogP contribution is 2.29. The molecule has 144 valence electrons. The molecule has 0 aliphatic heterocycles. The average molecular weight is 441 g/mol. The number of hydrogen-bond donors (Lipinski definition) is 3. The van der Waals surface area contributed by atoms with Crippen LogP contribution >= 0.6 is 47.0 Å². The second kappa shape index (κ2) is 10.8. The van der Waals surface area contributed by atoms with Gasteiger partial charge in [-0.3, -0.25) is 4.79 Å². The first kappa shape index (κ1) is 22.8. The van der Waals surface area contributed by atoms with E-state index in [2.05, 4.69) is 16.0 Å². The zero-order chi connectivity index (χ0) is 19.7. The molecule has 0 fully saturated rings. The van der Waals surface area contributed by atoms with E-state index in [1.54, 1.807) is 24.3 Å². The van der Waals surface area contributed by atoms with Crippen LogP contribution in [0, 0.1) is 0 Å². The average Bonchev–Trinajstić information content (AvgIpc) is 2.53. The van der Waals surface area contributed by atoms with Crippen molar-refractivity contribution in [1.29, 1.82) is 0 Å². The number of hydrogen-bond acceptors (Lipinski definition) is 4. The SMILES string of the molecule is CCCCOC(=O)c1ccc(NC(=S)N[C@@H](NC(C)=O)C(Cl)(Cl)Cl)cc1. The highest BCUT2D eigenvalue weighted by Gasteiger charge is 2.34. The van der Waals surface area contributed by atoms with Gasteiger partial charge in [0, 0.05) is 12.6 Å². The van der Waals surface area contributed by atoms with Gasteiger partial charge in [-0.25, -0.2) is 4.79 Å². The van der Waals surface area contributed by atoms with Gasteiger partial charge in [-0.15, -0.1) is 0 Å². The van der Waals surface area contributed by atoms with Crippen molar-refractivity contribution in [3.05, 3.63) is 29.8 Å². The number of thiocarbonyl (C=S) groups is 1. The Morgan fingerprint density at radius 1 is 1.19 bits per heavy atom. The number of unbranched alkanes of at least 4 members (excludes halogenated alkanes) is 1. The molecule has 0 unspecified atom stereocenters. The van der Waals surface area contributed by atoms with Crippen LogP contribution in [0.2, 0.25) is 0 Å². The van der Waals surface area contributed by atoms with Crippen molar-refractivity contribution in [3.8, 4) is 0 Å². The highest BCUT2D eigenvalue weighted by atomic mass is 35.6. The molecule has 0 radical (unpaired) electrons. The van der Waals surface area contributed by atoms with Crippen molar-refractivity contribution >= 4 is 69.7 Å². The molecule has 3 N–H and O–H groups in total. The monoisotopic (exact) mass is 439 g/mol. The third-order valence-electron chi connectivity index (χ3n) is 3.06. The molecule has 6 nitrogen and oxygen atoms in total. The summed E-state index contributed by atoms with van der Waals surface area (Å²) in [4.78, 5) is 23.0. The van der Waals surface area contributed by atoms with Crippen LogP contribution in [0.4, 0.5) is 5.69 Å². The summed E-state index contributed by atoms with van der Waals surface area (Å²) in [5.74, 6) is -0.768. The van der Waals surface area contributed by atoms with Gasteiger partial charge in [0.15, 0.2) is 5.11 Å². The Hall–Kier alpha value is -1.28. The predicted octanol–water partition coefficient (Wildman–Crippen LogP) is 3.76. The normalized spacial score (nSPS) is 12.0. The lowest BCUT2D eigenvalue weighted by Crippen LogP contribution is -2.55. The minimum Gasteiger partial charge on any atom is -0.462 e. The van der Waals surface area contributed by atoms with Gasteiger partial charge in [-0.2, -0.15) is 0 Å². The highest BCUT2D eigenvalue weighted by molar-refractivity contribution is 7.80. The zero-order valence-corrected chi connectivity index (χ0v) is 17.4. The first-order chi connectivity index (χ1) is 12.1. The lowest BCUT2D eigenvalue weighted by Gasteiger charge is -2.27. The molecular weight excluding hydrogens is 421 g/mol. The van der Waals surface area contributed by atoms with Crippen molar-refractivity contribution < 1.29 is 14.3 Å². The Bertz CT molecular complexity index is 636. The smallest absolute Gasteiger partial charge is 0.338 e. The number of esters is 1. The van der Waals surface area contributed by atoms with Crippen molar-refractivity contribution in [2.75, 3.05) is 11.9 Å². The number of amides is 1. The molecule has 0 aliphatic carbocycles. The van der Waals surface area contributed by atoms with Crippen LogP contribution in [0.3, 0.4) is 0 Å². The number of benzene rings is 1. The standard InChI is InChI=1S/C16H20Cl3N3O3S/c1-3-4-9-25-13(24)11-5-7-12(8-6-11)21-15(26)22-14(16(17,18)19)20-10(2)23/h5-8,14H,3-4,9H2,1-2H3,(H,20,23)(H2,21,22,26)/t14-/m1/s1. The molecular formula is C16H20Cl3N3O3S. The minimum atomic E-state index is -1.80. The van der Waals surface area contributed by atoms with Crippen molar-refractivity contribution in [2.24, 2.45) is 0 Å². The van der Waals surface area contributed by atoms with Gasteiger partial charge in [0.1, 0.15) is 6.17 Å². The summed E-state index contributed by atoms with van der Waals surface area (Å²) < 4.78 is 3.33. The predicted molar refractivity (Wildman–Crippen MR) is 109 cm³/mol. The van der Waals surface area contributed by atoms with E-state index in [-0.39, 0.29) is 17.0 Å². The summed E-state index contributed by atoms with van der Waals surface area (Å²) >= 11 is 22.6. The summed E-state index contributed by atoms with van der Waals surface area (Å²) in [6.45, 7) is 3.70. The molecule has 0 bridgehead atoms. The largest absolute Gasteiger partial charge is 0.462 e. The number of halogens is 3. The Morgan fingerprint density at radius 2 is 1.81 bits per heavy atom. The van der Waals surface area contributed by atoms with Gasteiger partial charge >= 0.3 is 5.97 Å². The molecule has 0 aliphatic rings. The van der Waals surface area contributed by atoms with Gasteiger partial charge in [0.25, 0.3) is 0 Å². The van der Waals surface area contributed by atoms with Crippen molar-refractivity contribution in [1.82, 2.24) is 10.6 Å². The Morgan fingerprint density at radius 3 is 2.31 bits per heavy atom. The maximum absolute atomic E-state index is 11.8. The third-order valence-corrected chi connectivity index (χ3v) is 3.93. The van der Waals surface area contributed by atoms with Gasteiger partial charge in [0.2, 0.25) is 9.70 Å². The lowest BCUT2D eigenvalue weighted by atomic mass is 10.2. The van der Waals surface area contributed by atoms with Crippen LogP contribution in [0.15, 0.2) is 24.3 Å². The summed E-state index contributed by atoms with van der Waals surface area (Å²) in [5, 5.41) is 8.17. The summed E-state index contributed by atoms with van der Waals surface area (Å²) in [6, 6.07) is 6.54. The number of nitrogens with one attached hydrogen (secondary N) is 3. The quantitative estimate of drug-likeness (QED) is 0.197. The van der Waals surface area contributed by atoms with E-state index in [4.69, 9.17) is 51.8 Å². The van der Waals surface area contributed by atoms with Crippen molar-refractivity contribution in [3.63, 3.8) is 0 Å². The fraction of sp³-hybridized carbons (Fsp3) is 0.438. The first-order valence-corrected chi connectivity index (χ1v) is 9.36. The van der Waals surface area contributed by atoms with E-state index in [1.807, 2.05) is 6.92 Å². The van der Waals surface area contributed by atoms with E-state index in [0.717, 1.165) is 12.8 Å². The van der Waals surface area contributed by atoms with Gasteiger partial charge in [0.05, 0.1) is 12.2 Å². The fourth-order valence-electron chi connectivity index (χ4n) is 1.78. The molecule has 0 spiro atoms. The molecule has 0 heterocycles. The maximum Gasteiger partial charge on any atom is 0.338 e. The van der Waals surface area contributed by atoms with E-state index < -0.39 is 9.96 Å². The Kier molecular flexibility index (Phi) is 9.43. The number of carbonyl (C=O) groups is 2. The molecule has 26 heavy (non-hydrogen) atoms. The second-order valence-electron chi connectivity index (χ2n) is 5.34. The molecule has 0 saturated carbocycles. The summed E-state index contributed by atoms with van der Waals surface area (Å²) in [5.41, 5.74) is 1.04. The number of anilines is 1. The molecule has 1 aromatic rings. The molecule has 1 atom stereocenters. The minimum absolute atomic E-state index is 0.133. The van der Waals surface area contributed by atoms with E-state index in [1.165, 1.54) is 6.92 Å². The number of rotatable bonds is 7. The van der Waals surface area contributed by atoms with Crippen LogP contribution in [-0.4, -0.2) is 33.6 Å². The topological polar surface area (TPSA) is 79.5 Å². The molecule has 0 aromatic heterocycles.